The summed E-state index contributed by atoms with van der Waals surface area (Å²) in [5, 5.41) is 4.42. The van der Waals surface area contributed by atoms with Crippen molar-refractivity contribution in [1.29, 1.82) is 0 Å². The third kappa shape index (κ3) is 5.20. The Kier molecular flexibility index (Phi) is 6.63. The van der Waals surface area contributed by atoms with Crippen molar-refractivity contribution in [2.24, 2.45) is 0 Å². The molecule has 36 heavy (non-hydrogen) atoms. The van der Waals surface area contributed by atoms with E-state index in [4.69, 9.17) is 8.39 Å². The molecule has 0 N–H and O–H groups in total. The summed E-state index contributed by atoms with van der Waals surface area (Å²) >= 11 is 1.71. The van der Waals surface area contributed by atoms with Gasteiger partial charge >= 0.3 is 0 Å². The lowest BCUT2D eigenvalue weighted by molar-refractivity contribution is 0.557. The minimum absolute atomic E-state index is 0.00926. The van der Waals surface area contributed by atoms with Crippen LogP contribution in [0.2, 0.25) is 0 Å². The van der Waals surface area contributed by atoms with Crippen LogP contribution in [0.25, 0.3) is 26.6 Å². The van der Waals surface area contributed by atoms with E-state index in [1.54, 1.807) is 11.3 Å². The number of rotatable bonds is 1. The molecule has 2 aromatic heterocycles. The van der Waals surface area contributed by atoms with E-state index in [1.165, 1.54) is 22.3 Å². The second-order valence-corrected chi connectivity index (χ2v) is 16.8. The first-order chi connectivity index (χ1) is 16.4. The van der Waals surface area contributed by atoms with E-state index < -0.39 is 8.01 Å². The van der Waals surface area contributed by atoms with E-state index in [-0.39, 0.29) is 21.7 Å². The zero-order chi connectivity index (χ0) is 26.8. The number of thiophene rings is 1. The van der Waals surface area contributed by atoms with Gasteiger partial charge in [-0.2, -0.15) is 0 Å². The van der Waals surface area contributed by atoms with Crippen molar-refractivity contribution in [3.63, 3.8) is 0 Å². The fourth-order valence-corrected chi connectivity index (χ4v) is 6.84. The summed E-state index contributed by atoms with van der Waals surface area (Å²) in [5.74, 6) is 0. The van der Waals surface area contributed by atoms with E-state index in [9.17, 15) is 0 Å². The SMILES string of the molecule is CC(C)(C)c1cc(C(C)(C)C)c2op(-c3cccs3)oc3c(C(C)(C)C)cc(C(C)(C)C)cc3c2c1. The van der Waals surface area contributed by atoms with Gasteiger partial charge in [-0.15, -0.1) is 11.3 Å². The molecule has 0 aliphatic rings. The maximum Gasteiger partial charge on any atom is 0.263 e. The normalized spacial score (nSPS) is 13.6. The van der Waals surface area contributed by atoms with Crippen LogP contribution >= 0.6 is 19.4 Å². The van der Waals surface area contributed by atoms with Crippen LogP contribution in [0.1, 0.15) is 105 Å². The van der Waals surface area contributed by atoms with Crippen LogP contribution in [0.15, 0.2) is 50.2 Å². The van der Waals surface area contributed by atoms with Crippen molar-refractivity contribution >= 4 is 41.3 Å². The van der Waals surface area contributed by atoms with E-state index in [2.05, 4.69) is 125 Å². The van der Waals surface area contributed by atoms with Gasteiger partial charge in [0.05, 0.1) is 0 Å². The molecule has 4 aromatic rings. The van der Waals surface area contributed by atoms with Gasteiger partial charge in [0, 0.05) is 21.9 Å². The molecule has 0 spiro atoms. The van der Waals surface area contributed by atoms with E-state index in [1.807, 2.05) is 0 Å². The van der Waals surface area contributed by atoms with E-state index in [0.29, 0.717) is 0 Å². The zero-order valence-electron chi connectivity index (χ0n) is 24.2. The van der Waals surface area contributed by atoms with Crippen LogP contribution in [0, 0.1) is 0 Å². The Hall–Kier alpha value is -1.96. The number of hydrogen-bond acceptors (Lipinski definition) is 3. The van der Waals surface area contributed by atoms with Crippen molar-refractivity contribution in [1.82, 2.24) is 0 Å². The maximum absolute atomic E-state index is 6.96. The summed E-state index contributed by atoms with van der Waals surface area (Å²) in [4.78, 5) is 0. The van der Waals surface area contributed by atoms with Gasteiger partial charge in [-0.3, -0.25) is 0 Å². The fraction of sp³-hybridized carbons (Fsp3) is 0.500. The van der Waals surface area contributed by atoms with E-state index >= 15 is 0 Å². The average molecular weight is 523 g/mol. The van der Waals surface area contributed by atoms with Crippen molar-refractivity contribution in [3.05, 3.63) is 64.0 Å². The average Bonchev–Trinajstić information content (AvgIpc) is 3.19. The van der Waals surface area contributed by atoms with Gasteiger partial charge < -0.3 is 8.39 Å². The highest BCUT2D eigenvalue weighted by atomic mass is 32.1. The van der Waals surface area contributed by atoms with Crippen molar-refractivity contribution in [3.8, 4) is 4.62 Å². The van der Waals surface area contributed by atoms with E-state index in [0.717, 1.165) is 26.6 Å². The van der Waals surface area contributed by atoms with Gasteiger partial charge in [0.15, 0.2) is 0 Å². The lowest BCUT2D eigenvalue weighted by Crippen LogP contribution is -2.17. The Morgan fingerprint density at radius 3 is 1.31 bits per heavy atom. The fourth-order valence-electron chi connectivity index (χ4n) is 4.48. The molecule has 0 saturated heterocycles. The van der Waals surface area contributed by atoms with Gasteiger partial charge in [0.1, 0.15) is 15.8 Å². The highest BCUT2D eigenvalue weighted by Gasteiger charge is 2.28. The molecule has 0 amide bonds. The zero-order valence-corrected chi connectivity index (χ0v) is 25.9. The van der Waals surface area contributed by atoms with Gasteiger partial charge in [-0.05, 0) is 56.4 Å². The Balaban J connectivity index is 2.39. The van der Waals surface area contributed by atoms with Crippen molar-refractivity contribution in [2.45, 2.75) is 105 Å². The van der Waals surface area contributed by atoms with Crippen molar-refractivity contribution in [2.75, 3.05) is 0 Å². The van der Waals surface area contributed by atoms with Crippen LogP contribution in [0.3, 0.4) is 0 Å². The molecule has 0 unspecified atom stereocenters. The van der Waals surface area contributed by atoms with Crippen molar-refractivity contribution < 1.29 is 8.39 Å². The molecule has 2 heterocycles. The first-order valence-electron chi connectivity index (χ1n) is 13.0. The smallest absolute Gasteiger partial charge is 0.263 e. The second kappa shape index (κ2) is 8.81. The minimum atomic E-state index is -1.31. The van der Waals surface area contributed by atoms with Crippen LogP contribution in [-0.2, 0) is 21.7 Å². The second-order valence-electron chi connectivity index (χ2n) is 14.2. The Labute approximate surface area is 222 Å². The third-order valence-corrected chi connectivity index (χ3v) is 9.49. The van der Waals surface area contributed by atoms with Crippen LogP contribution in [0.5, 0.6) is 0 Å². The molecular formula is C32H43O2PS. The predicted octanol–water partition coefficient (Wildman–Crippen LogP) is 11.5. The highest BCUT2D eigenvalue weighted by molar-refractivity contribution is 7.54. The summed E-state index contributed by atoms with van der Waals surface area (Å²) < 4.78 is 15.1. The molecule has 0 saturated carbocycles. The Morgan fingerprint density at radius 1 is 0.583 bits per heavy atom. The lowest BCUT2D eigenvalue weighted by atomic mass is 9.77. The monoisotopic (exact) mass is 522 g/mol. The summed E-state index contributed by atoms with van der Waals surface area (Å²) in [6.07, 6.45) is 0. The molecule has 0 fully saturated rings. The molecule has 0 atom stereocenters. The van der Waals surface area contributed by atoms with Gasteiger partial charge in [0.2, 0.25) is 0 Å². The van der Waals surface area contributed by atoms with Crippen LogP contribution in [0.4, 0.5) is 0 Å². The summed E-state index contributed by atoms with van der Waals surface area (Å²) in [6, 6.07) is 13.7. The molecule has 4 rings (SSSR count). The first kappa shape index (κ1) is 27.1. The molecule has 4 heteroatoms. The molecule has 0 aliphatic heterocycles. The number of hydrogen-bond donors (Lipinski definition) is 0. The van der Waals surface area contributed by atoms with Crippen LogP contribution < -0.4 is 0 Å². The molecular weight excluding hydrogens is 479 g/mol. The topological polar surface area (TPSA) is 26.3 Å². The Bertz CT molecular complexity index is 1350. The summed E-state index contributed by atoms with van der Waals surface area (Å²) in [5.41, 5.74) is 6.92. The Morgan fingerprint density at radius 2 is 1.00 bits per heavy atom. The molecule has 0 bridgehead atoms. The summed E-state index contributed by atoms with van der Waals surface area (Å²) in [6.45, 7) is 27.4. The molecule has 0 radical (unpaired) electrons. The number of benzene rings is 2. The predicted molar refractivity (Wildman–Crippen MR) is 160 cm³/mol. The summed E-state index contributed by atoms with van der Waals surface area (Å²) in [7, 11) is -1.31. The molecule has 194 valence electrons. The first-order valence-corrected chi connectivity index (χ1v) is 15.0. The van der Waals surface area contributed by atoms with Gasteiger partial charge in [-0.1, -0.05) is 101 Å². The number of fused-ring (bicyclic) bond motifs is 3. The molecule has 0 aliphatic carbocycles. The quantitative estimate of drug-likeness (QED) is 0.248. The maximum atomic E-state index is 6.96. The molecule has 2 aromatic carbocycles. The van der Waals surface area contributed by atoms with Gasteiger partial charge in [0.25, 0.3) is 8.01 Å². The molecule has 2 nitrogen and oxygen atoms in total. The minimum Gasteiger partial charge on any atom is -0.415 e. The van der Waals surface area contributed by atoms with Gasteiger partial charge in [-0.25, -0.2) is 0 Å². The highest BCUT2D eigenvalue weighted by Crippen LogP contribution is 2.49. The third-order valence-electron chi connectivity index (χ3n) is 6.85. The lowest BCUT2D eigenvalue weighted by Gasteiger charge is -2.27. The van der Waals surface area contributed by atoms with Crippen LogP contribution in [-0.4, -0.2) is 0 Å². The largest absolute Gasteiger partial charge is 0.415 e. The standard InChI is InChI=1S/C32H43O2PS/c1-29(2,3)20-16-22-23-17-21(30(4,5)6)19-25(32(10,11)12)28(23)34-35(26-14-13-15-36-26)33-27(22)24(18-20)31(7,8)9/h13-19H,1-12H3.